The van der Waals surface area contributed by atoms with Crippen molar-refractivity contribution >= 4 is 23.0 Å². The fourth-order valence-corrected chi connectivity index (χ4v) is 3.55. The largest absolute Gasteiger partial charge is 0.465 e. The predicted molar refractivity (Wildman–Crippen MR) is 110 cm³/mol. The molecular weight excluding hydrogens is 340 g/mol. The Morgan fingerprint density at radius 1 is 1.11 bits per heavy atom. The van der Waals surface area contributed by atoms with Gasteiger partial charge in [-0.1, -0.05) is 24.3 Å². The molecule has 3 rings (SSSR count). The number of carbonyl (C=O) groups is 1. The van der Waals surface area contributed by atoms with E-state index in [1.54, 1.807) is 6.07 Å². The van der Waals surface area contributed by atoms with Crippen molar-refractivity contribution in [1.82, 2.24) is 4.90 Å². The molecule has 1 unspecified atom stereocenters. The number of nitrogen functional groups attached to an aromatic ring is 1. The SMILES string of the molecule is COC(=O)c1c(N)cccc1NC(C)CN1CCN(c2ccccc2)CC1. The molecule has 0 radical (unpaired) electrons. The van der Waals surface area contributed by atoms with Crippen molar-refractivity contribution in [3.63, 3.8) is 0 Å². The molecular formula is C21H28N4O2. The van der Waals surface area contributed by atoms with E-state index in [-0.39, 0.29) is 6.04 Å². The van der Waals surface area contributed by atoms with Crippen molar-refractivity contribution in [2.24, 2.45) is 0 Å². The summed E-state index contributed by atoms with van der Waals surface area (Å²) in [7, 11) is 1.37. The number of carbonyl (C=O) groups excluding carboxylic acids is 1. The molecule has 0 aliphatic carbocycles. The fraction of sp³-hybridized carbons (Fsp3) is 0.381. The van der Waals surface area contributed by atoms with Crippen LogP contribution >= 0.6 is 0 Å². The second-order valence-electron chi connectivity index (χ2n) is 6.93. The molecule has 0 amide bonds. The van der Waals surface area contributed by atoms with Crippen LogP contribution in [0, 0.1) is 0 Å². The molecule has 6 nitrogen and oxygen atoms in total. The summed E-state index contributed by atoms with van der Waals surface area (Å²) in [5.74, 6) is -0.417. The summed E-state index contributed by atoms with van der Waals surface area (Å²) in [6.45, 7) is 7.08. The summed E-state index contributed by atoms with van der Waals surface area (Å²) >= 11 is 0. The highest BCUT2D eigenvalue weighted by atomic mass is 16.5. The van der Waals surface area contributed by atoms with Crippen molar-refractivity contribution in [2.45, 2.75) is 13.0 Å². The maximum Gasteiger partial charge on any atom is 0.342 e. The van der Waals surface area contributed by atoms with Crippen molar-refractivity contribution in [1.29, 1.82) is 0 Å². The number of nitrogens with one attached hydrogen (secondary N) is 1. The molecule has 2 aromatic carbocycles. The summed E-state index contributed by atoms with van der Waals surface area (Å²) in [6, 6.07) is 16.1. The maximum absolute atomic E-state index is 12.0. The van der Waals surface area contributed by atoms with E-state index in [2.05, 4.69) is 46.3 Å². The Balaban J connectivity index is 1.56. The quantitative estimate of drug-likeness (QED) is 0.603. The van der Waals surface area contributed by atoms with Gasteiger partial charge in [0.05, 0.1) is 12.8 Å². The lowest BCUT2D eigenvalue weighted by Crippen LogP contribution is -2.49. The molecule has 1 heterocycles. The summed E-state index contributed by atoms with van der Waals surface area (Å²) in [5, 5.41) is 3.42. The average molecular weight is 368 g/mol. The number of hydrogen-bond acceptors (Lipinski definition) is 6. The van der Waals surface area contributed by atoms with Crippen LogP contribution in [0.25, 0.3) is 0 Å². The van der Waals surface area contributed by atoms with Gasteiger partial charge < -0.3 is 20.7 Å². The van der Waals surface area contributed by atoms with Gasteiger partial charge in [-0.3, -0.25) is 4.90 Å². The standard InChI is InChI=1S/C21H28N4O2/c1-16(23-19-10-6-9-18(22)20(19)21(26)27-2)15-24-11-13-25(14-12-24)17-7-4-3-5-8-17/h3-10,16,23H,11-15,22H2,1-2H3. The first-order chi connectivity index (χ1) is 13.1. The number of esters is 1. The van der Waals surface area contributed by atoms with E-state index in [4.69, 9.17) is 10.5 Å². The molecule has 1 aliphatic heterocycles. The van der Waals surface area contributed by atoms with Crippen molar-refractivity contribution in [3.05, 3.63) is 54.1 Å². The zero-order chi connectivity index (χ0) is 19.2. The van der Waals surface area contributed by atoms with Crippen LogP contribution in [0.3, 0.4) is 0 Å². The number of hydrogen-bond donors (Lipinski definition) is 2. The van der Waals surface area contributed by atoms with Crippen LogP contribution in [-0.2, 0) is 4.74 Å². The van der Waals surface area contributed by atoms with Crippen LogP contribution in [-0.4, -0.2) is 56.7 Å². The Labute approximate surface area is 160 Å². The second kappa shape index (κ2) is 8.77. The Morgan fingerprint density at radius 3 is 2.48 bits per heavy atom. The van der Waals surface area contributed by atoms with Gasteiger partial charge in [-0.15, -0.1) is 0 Å². The molecule has 0 saturated carbocycles. The van der Waals surface area contributed by atoms with E-state index < -0.39 is 5.97 Å². The zero-order valence-corrected chi connectivity index (χ0v) is 16.0. The lowest BCUT2D eigenvalue weighted by molar-refractivity contribution is 0.0603. The molecule has 6 heteroatoms. The number of para-hydroxylation sites is 1. The van der Waals surface area contributed by atoms with Crippen molar-refractivity contribution in [3.8, 4) is 0 Å². The molecule has 1 aliphatic rings. The van der Waals surface area contributed by atoms with Gasteiger partial charge in [-0.2, -0.15) is 0 Å². The van der Waals surface area contributed by atoms with Crippen LogP contribution in [0.2, 0.25) is 0 Å². The van der Waals surface area contributed by atoms with E-state index in [1.807, 2.05) is 18.2 Å². The molecule has 1 saturated heterocycles. The normalized spacial score (nSPS) is 16.0. The lowest BCUT2D eigenvalue weighted by atomic mass is 10.1. The van der Waals surface area contributed by atoms with Crippen molar-refractivity contribution < 1.29 is 9.53 Å². The lowest BCUT2D eigenvalue weighted by Gasteiger charge is -2.37. The molecule has 1 atom stereocenters. The van der Waals surface area contributed by atoms with Gasteiger partial charge in [0, 0.05) is 50.1 Å². The minimum absolute atomic E-state index is 0.179. The first kappa shape index (κ1) is 19.0. The van der Waals surface area contributed by atoms with Crippen LogP contribution in [0.15, 0.2) is 48.5 Å². The minimum Gasteiger partial charge on any atom is -0.465 e. The molecule has 27 heavy (non-hydrogen) atoms. The second-order valence-corrected chi connectivity index (χ2v) is 6.93. The summed E-state index contributed by atoms with van der Waals surface area (Å²) < 4.78 is 4.87. The summed E-state index contributed by atoms with van der Waals surface area (Å²) in [6.07, 6.45) is 0. The van der Waals surface area contributed by atoms with Crippen LogP contribution in [0.5, 0.6) is 0 Å². The molecule has 0 aromatic heterocycles. The Kier molecular flexibility index (Phi) is 6.19. The smallest absolute Gasteiger partial charge is 0.342 e. The number of methoxy groups -OCH3 is 1. The van der Waals surface area contributed by atoms with E-state index >= 15 is 0 Å². The Bertz CT molecular complexity index is 758. The number of nitrogens with two attached hydrogens (primary N) is 1. The van der Waals surface area contributed by atoms with Crippen LogP contribution in [0.4, 0.5) is 17.1 Å². The molecule has 0 spiro atoms. The number of benzene rings is 2. The monoisotopic (exact) mass is 368 g/mol. The highest BCUT2D eigenvalue weighted by Gasteiger charge is 2.21. The third-order valence-corrected chi connectivity index (χ3v) is 4.91. The summed E-state index contributed by atoms with van der Waals surface area (Å²) in [5.41, 5.74) is 8.80. The van der Waals surface area contributed by atoms with Gasteiger partial charge in [0.1, 0.15) is 5.56 Å². The van der Waals surface area contributed by atoms with Gasteiger partial charge in [0.2, 0.25) is 0 Å². The Morgan fingerprint density at radius 2 is 1.81 bits per heavy atom. The van der Waals surface area contributed by atoms with Gasteiger partial charge in [-0.25, -0.2) is 4.79 Å². The fourth-order valence-electron chi connectivity index (χ4n) is 3.55. The maximum atomic E-state index is 12.0. The van der Waals surface area contributed by atoms with E-state index in [0.29, 0.717) is 11.3 Å². The van der Waals surface area contributed by atoms with Gasteiger partial charge in [-0.05, 0) is 31.2 Å². The molecule has 0 bridgehead atoms. The van der Waals surface area contributed by atoms with Crippen LogP contribution < -0.4 is 16.0 Å². The van der Waals surface area contributed by atoms with Gasteiger partial charge in [0.25, 0.3) is 0 Å². The zero-order valence-electron chi connectivity index (χ0n) is 16.0. The van der Waals surface area contributed by atoms with Crippen molar-refractivity contribution in [2.75, 3.05) is 55.8 Å². The third kappa shape index (κ3) is 4.71. The molecule has 1 fully saturated rings. The number of rotatable bonds is 6. The van der Waals surface area contributed by atoms with Crippen LogP contribution in [0.1, 0.15) is 17.3 Å². The minimum atomic E-state index is -0.417. The third-order valence-electron chi connectivity index (χ3n) is 4.91. The highest BCUT2D eigenvalue weighted by molar-refractivity contribution is 6.01. The predicted octanol–water partition coefficient (Wildman–Crippen LogP) is 2.68. The molecule has 3 N–H and O–H groups in total. The van der Waals surface area contributed by atoms with E-state index in [0.717, 1.165) is 38.4 Å². The van der Waals surface area contributed by atoms with E-state index in [1.165, 1.54) is 12.8 Å². The topological polar surface area (TPSA) is 70.8 Å². The summed E-state index contributed by atoms with van der Waals surface area (Å²) in [4.78, 5) is 16.9. The molecule has 144 valence electrons. The van der Waals surface area contributed by atoms with Gasteiger partial charge >= 0.3 is 5.97 Å². The number of nitrogens with zero attached hydrogens (tertiary/aromatic N) is 2. The van der Waals surface area contributed by atoms with Gasteiger partial charge in [0.15, 0.2) is 0 Å². The number of piperazine rings is 1. The molecule has 2 aromatic rings. The highest BCUT2D eigenvalue weighted by Crippen LogP contribution is 2.24. The Hall–Kier alpha value is -2.73. The number of ether oxygens (including phenoxy) is 1. The van der Waals surface area contributed by atoms with E-state index in [9.17, 15) is 4.79 Å². The average Bonchev–Trinajstić information content (AvgIpc) is 2.69. The first-order valence-electron chi connectivity index (χ1n) is 9.34. The number of anilines is 3. The first-order valence-corrected chi connectivity index (χ1v) is 9.34.